The predicted octanol–water partition coefficient (Wildman–Crippen LogP) is 3.91. The molecule has 0 saturated carbocycles. The van der Waals surface area contributed by atoms with Gasteiger partial charge in [-0.1, -0.05) is 24.3 Å². The molecule has 0 aliphatic carbocycles. The zero-order chi connectivity index (χ0) is 11.9. The van der Waals surface area contributed by atoms with Crippen molar-refractivity contribution < 1.29 is 0 Å². The Morgan fingerprint density at radius 1 is 0.789 bits per heavy atom. The Labute approximate surface area is 120 Å². The second kappa shape index (κ2) is 4.55. The molecule has 4 rings (SSSR count). The van der Waals surface area contributed by atoms with E-state index in [1.807, 2.05) is 36.7 Å². The number of benzene rings is 2. The number of nitrogens with zero attached hydrogens (tertiary/aromatic N) is 3. The summed E-state index contributed by atoms with van der Waals surface area (Å²) in [5.74, 6) is 0. The lowest BCUT2D eigenvalue weighted by Gasteiger charge is -2.05. The lowest BCUT2D eigenvalue weighted by molar-refractivity contribution is 1.23. The number of fused-ring (bicyclic) bond motifs is 5. The van der Waals surface area contributed by atoms with Gasteiger partial charge in [-0.15, -0.1) is 17.0 Å². The molecule has 0 fully saturated rings. The summed E-state index contributed by atoms with van der Waals surface area (Å²) >= 11 is 0. The molecule has 2 heterocycles. The van der Waals surface area contributed by atoms with Crippen LogP contribution in [0, 0.1) is 0 Å². The van der Waals surface area contributed by atoms with Gasteiger partial charge in [-0.2, -0.15) is 0 Å². The van der Waals surface area contributed by atoms with E-state index in [1.165, 1.54) is 5.39 Å². The molecule has 0 saturated heterocycles. The van der Waals surface area contributed by atoms with Gasteiger partial charge in [0.15, 0.2) is 0 Å². The molecule has 0 N–H and O–H groups in total. The van der Waals surface area contributed by atoms with Crippen molar-refractivity contribution in [1.29, 1.82) is 0 Å². The molecular formula is C15H10BrN3. The highest BCUT2D eigenvalue weighted by atomic mass is 79.9. The first-order valence-electron chi connectivity index (χ1n) is 5.80. The summed E-state index contributed by atoms with van der Waals surface area (Å²) in [6.45, 7) is 0. The second-order valence-corrected chi connectivity index (χ2v) is 4.27. The zero-order valence-corrected chi connectivity index (χ0v) is 11.7. The summed E-state index contributed by atoms with van der Waals surface area (Å²) < 4.78 is 0. The molecule has 0 atom stereocenters. The highest BCUT2D eigenvalue weighted by molar-refractivity contribution is 8.93. The van der Waals surface area contributed by atoms with Crippen LogP contribution < -0.4 is 0 Å². The van der Waals surface area contributed by atoms with Crippen LogP contribution in [0.5, 0.6) is 0 Å². The van der Waals surface area contributed by atoms with Gasteiger partial charge in [0.05, 0.1) is 11.0 Å². The van der Waals surface area contributed by atoms with Crippen molar-refractivity contribution in [2.24, 2.45) is 0 Å². The predicted molar refractivity (Wildman–Crippen MR) is 82.7 cm³/mol. The van der Waals surface area contributed by atoms with E-state index < -0.39 is 0 Å². The molecule has 4 aromatic rings. The van der Waals surface area contributed by atoms with Crippen molar-refractivity contribution in [3.63, 3.8) is 0 Å². The summed E-state index contributed by atoms with van der Waals surface area (Å²) in [6, 6.07) is 12.3. The fourth-order valence-corrected chi connectivity index (χ4v) is 2.39. The number of aromatic nitrogens is 3. The van der Waals surface area contributed by atoms with Gasteiger partial charge in [-0.05, 0) is 17.5 Å². The normalized spacial score (nSPS) is 10.7. The maximum atomic E-state index is 4.50. The van der Waals surface area contributed by atoms with E-state index in [2.05, 4.69) is 27.1 Å². The number of halogens is 1. The van der Waals surface area contributed by atoms with Crippen molar-refractivity contribution in [2.75, 3.05) is 0 Å². The average molecular weight is 312 g/mol. The Balaban J connectivity index is 0.00000110. The van der Waals surface area contributed by atoms with Crippen molar-refractivity contribution in [2.45, 2.75) is 0 Å². The van der Waals surface area contributed by atoms with Crippen molar-refractivity contribution in [3.05, 3.63) is 55.1 Å². The van der Waals surface area contributed by atoms with Crippen molar-refractivity contribution in [3.8, 4) is 0 Å². The minimum atomic E-state index is 0. The van der Waals surface area contributed by atoms with Gasteiger partial charge in [-0.3, -0.25) is 4.98 Å². The third-order valence-corrected chi connectivity index (χ3v) is 3.23. The van der Waals surface area contributed by atoms with Gasteiger partial charge in [0.1, 0.15) is 6.33 Å². The van der Waals surface area contributed by atoms with Gasteiger partial charge in [-0.25, -0.2) is 9.97 Å². The fraction of sp³-hybridized carbons (Fsp3) is 0. The molecule has 0 aliphatic heterocycles. The molecule has 0 unspecified atom stereocenters. The van der Waals surface area contributed by atoms with Crippen LogP contribution in [0.4, 0.5) is 0 Å². The van der Waals surface area contributed by atoms with E-state index in [4.69, 9.17) is 0 Å². The Morgan fingerprint density at radius 3 is 2.63 bits per heavy atom. The van der Waals surface area contributed by atoms with Gasteiger partial charge in [0.25, 0.3) is 0 Å². The first kappa shape index (κ1) is 12.0. The largest absolute Gasteiger partial charge is 0.256 e. The highest BCUT2D eigenvalue weighted by Gasteiger charge is 2.06. The van der Waals surface area contributed by atoms with Crippen LogP contribution in [0.3, 0.4) is 0 Å². The number of pyridine rings is 1. The second-order valence-electron chi connectivity index (χ2n) is 4.27. The van der Waals surface area contributed by atoms with E-state index in [-0.39, 0.29) is 17.0 Å². The molecule has 0 amide bonds. The molecule has 4 heteroatoms. The van der Waals surface area contributed by atoms with Gasteiger partial charge < -0.3 is 0 Å². The van der Waals surface area contributed by atoms with E-state index in [0.29, 0.717) is 0 Å². The molecule has 0 bridgehead atoms. The third-order valence-electron chi connectivity index (χ3n) is 3.23. The van der Waals surface area contributed by atoms with Crippen LogP contribution in [-0.4, -0.2) is 15.0 Å². The topological polar surface area (TPSA) is 38.7 Å². The quantitative estimate of drug-likeness (QED) is 0.462. The number of hydrogen-bond acceptors (Lipinski definition) is 3. The van der Waals surface area contributed by atoms with Crippen LogP contribution in [0.1, 0.15) is 0 Å². The molecule has 92 valence electrons. The SMILES string of the molecule is Br.c1ccc2c(c1)cnc1ccc3cncnc3c12. The summed E-state index contributed by atoms with van der Waals surface area (Å²) in [6.07, 6.45) is 5.33. The Morgan fingerprint density at radius 2 is 1.68 bits per heavy atom. The van der Waals surface area contributed by atoms with Crippen molar-refractivity contribution >= 4 is 49.6 Å². The van der Waals surface area contributed by atoms with Crippen LogP contribution in [-0.2, 0) is 0 Å². The van der Waals surface area contributed by atoms with E-state index in [9.17, 15) is 0 Å². The summed E-state index contributed by atoms with van der Waals surface area (Å²) in [4.78, 5) is 13.0. The van der Waals surface area contributed by atoms with E-state index >= 15 is 0 Å². The van der Waals surface area contributed by atoms with Crippen LogP contribution in [0.2, 0.25) is 0 Å². The molecule has 3 nitrogen and oxygen atoms in total. The van der Waals surface area contributed by atoms with Gasteiger partial charge >= 0.3 is 0 Å². The van der Waals surface area contributed by atoms with Gasteiger partial charge in [0, 0.05) is 28.6 Å². The average Bonchev–Trinajstić information content (AvgIpc) is 2.46. The van der Waals surface area contributed by atoms with Crippen LogP contribution in [0.25, 0.3) is 32.6 Å². The van der Waals surface area contributed by atoms with E-state index in [1.54, 1.807) is 6.33 Å². The Kier molecular flexibility index (Phi) is 2.87. The molecule has 0 spiro atoms. The Bertz CT molecular complexity index is 819. The minimum absolute atomic E-state index is 0. The summed E-state index contributed by atoms with van der Waals surface area (Å²) in [5, 5.41) is 4.47. The maximum absolute atomic E-state index is 4.50. The standard InChI is InChI=1S/C15H9N3.BrH/c1-2-4-12-10(3-1)8-17-13-6-5-11-7-16-9-18-15(11)14(12)13;/h1-9H;1H. The monoisotopic (exact) mass is 311 g/mol. The summed E-state index contributed by atoms with van der Waals surface area (Å²) in [5.41, 5.74) is 1.94. The number of hydrogen-bond donors (Lipinski definition) is 0. The molecule has 2 aromatic carbocycles. The van der Waals surface area contributed by atoms with Gasteiger partial charge in [0.2, 0.25) is 0 Å². The first-order chi connectivity index (χ1) is 8.93. The fourth-order valence-electron chi connectivity index (χ4n) is 2.39. The van der Waals surface area contributed by atoms with Crippen LogP contribution >= 0.6 is 17.0 Å². The molecule has 0 aliphatic rings. The van der Waals surface area contributed by atoms with Crippen molar-refractivity contribution in [1.82, 2.24) is 15.0 Å². The Hall–Kier alpha value is -2.07. The molecular weight excluding hydrogens is 302 g/mol. The number of rotatable bonds is 0. The molecule has 2 aromatic heterocycles. The smallest absolute Gasteiger partial charge is 0.116 e. The zero-order valence-electron chi connectivity index (χ0n) is 9.95. The minimum Gasteiger partial charge on any atom is -0.256 e. The molecule has 19 heavy (non-hydrogen) atoms. The molecule has 0 radical (unpaired) electrons. The lowest BCUT2D eigenvalue weighted by Crippen LogP contribution is -1.87. The summed E-state index contributed by atoms with van der Waals surface area (Å²) in [7, 11) is 0. The maximum Gasteiger partial charge on any atom is 0.116 e. The third kappa shape index (κ3) is 1.76. The lowest BCUT2D eigenvalue weighted by atomic mass is 10.0. The highest BCUT2D eigenvalue weighted by Crippen LogP contribution is 2.28. The van der Waals surface area contributed by atoms with E-state index in [0.717, 1.165) is 27.2 Å². The van der Waals surface area contributed by atoms with Crippen LogP contribution in [0.15, 0.2) is 55.1 Å². The first-order valence-corrected chi connectivity index (χ1v) is 5.80.